The van der Waals surface area contributed by atoms with Gasteiger partial charge in [-0.25, -0.2) is 8.42 Å². The normalized spacial score (nSPS) is 11.5. The summed E-state index contributed by atoms with van der Waals surface area (Å²) < 4.78 is 31.0. The summed E-state index contributed by atoms with van der Waals surface area (Å²) in [4.78, 5) is 0. The molecule has 3 N–H and O–H groups in total. The van der Waals surface area contributed by atoms with E-state index in [-0.39, 0.29) is 12.4 Å². The minimum atomic E-state index is -3.43. The minimum Gasteiger partial charge on any atom is -0.398 e. The number of hydrogen-bond acceptors (Lipinski definition) is 4. The first-order valence-electron chi connectivity index (χ1n) is 5.49. The molecule has 0 bridgehead atoms. The van der Waals surface area contributed by atoms with E-state index in [9.17, 15) is 8.42 Å². The first kappa shape index (κ1) is 15.1. The lowest BCUT2D eigenvalue weighted by atomic mass is 10.2. The van der Waals surface area contributed by atoms with Crippen LogP contribution in [0.4, 0.5) is 11.4 Å². The lowest BCUT2D eigenvalue weighted by Crippen LogP contribution is -2.20. The van der Waals surface area contributed by atoms with Gasteiger partial charge in [0.05, 0.1) is 28.8 Å². The number of nitrogen functional groups attached to an aromatic ring is 1. The monoisotopic (exact) mass is 292 g/mol. The molecule has 7 heteroatoms. The van der Waals surface area contributed by atoms with E-state index in [2.05, 4.69) is 4.72 Å². The molecular weight excluding hydrogens is 276 g/mol. The number of nitrogens with two attached hydrogens (primary N) is 1. The molecule has 0 aliphatic rings. The number of rotatable bonds is 6. The maximum absolute atomic E-state index is 11.8. The van der Waals surface area contributed by atoms with Gasteiger partial charge in [0.1, 0.15) is 0 Å². The Morgan fingerprint density at radius 2 is 2.11 bits per heavy atom. The fraction of sp³-hybridized carbons (Fsp3) is 0.455. The standard InChI is InChI=1S/C11H17ClN2O3S/c1-3-17-4-5-18(15,16)14-11-7-9(12)10(13)6-8(11)2/h6-7,14H,3-5,13H2,1-2H3. The van der Waals surface area contributed by atoms with Gasteiger partial charge in [-0.1, -0.05) is 11.6 Å². The SMILES string of the molecule is CCOCCS(=O)(=O)Nc1cc(Cl)c(N)cc1C. The van der Waals surface area contributed by atoms with E-state index in [0.29, 0.717) is 23.0 Å². The second-order valence-corrected chi connectivity index (χ2v) is 6.06. The smallest absolute Gasteiger partial charge is 0.235 e. The zero-order valence-electron chi connectivity index (χ0n) is 10.4. The van der Waals surface area contributed by atoms with Gasteiger partial charge in [0.25, 0.3) is 0 Å². The average Bonchev–Trinajstić information content (AvgIpc) is 2.26. The fourth-order valence-corrected chi connectivity index (χ4v) is 2.50. The Morgan fingerprint density at radius 1 is 1.44 bits per heavy atom. The summed E-state index contributed by atoms with van der Waals surface area (Å²) in [5, 5.41) is 0.322. The number of hydrogen-bond donors (Lipinski definition) is 2. The van der Waals surface area contributed by atoms with Crippen molar-refractivity contribution in [3.8, 4) is 0 Å². The van der Waals surface area contributed by atoms with E-state index in [0.717, 1.165) is 5.56 Å². The van der Waals surface area contributed by atoms with Crippen LogP contribution in [0.5, 0.6) is 0 Å². The Bertz CT molecular complexity index is 517. The predicted octanol–water partition coefficient (Wildman–Crippen LogP) is 2.01. The molecule has 1 aromatic rings. The molecule has 0 fully saturated rings. The van der Waals surface area contributed by atoms with Gasteiger partial charge in [-0.3, -0.25) is 4.72 Å². The van der Waals surface area contributed by atoms with Gasteiger partial charge in [-0.15, -0.1) is 0 Å². The van der Waals surface area contributed by atoms with E-state index in [4.69, 9.17) is 22.1 Å². The summed E-state index contributed by atoms with van der Waals surface area (Å²) >= 11 is 5.86. The van der Waals surface area contributed by atoms with Gasteiger partial charge >= 0.3 is 0 Å². The number of ether oxygens (including phenoxy) is 1. The number of anilines is 2. The molecule has 0 saturated carbocycles. The highest BCUT2D eigenvalue weighted by Crippen LogP contribution is 2.27. The third-order valence-corrected chi connectivity index (χ3v) is 3.87. The topological polar surface area (TPSA) is 81.4 Å². The molecule has 5 nitrogen and oxygen atoms in total. The lowest BCUT2D eigenvalue weighted by Gasteiger charge is -2.12. The van der Waals surface area contributed by atoms with Gasteiger partial charge in [0.2, 0.25) is 10.0 Å². The zero-order chi connectivity index (χ0) is 13.8. The van der Waals surface area contributed by atoms with Crippen LogP contribution in [0.15, 0.2) is 12.1 Å². The molecule has 0 saturated heterocycles. The summed E-state index contributed by atoms with van der Waals surface area (Å²) in [5.74, 6) is -0.0950. The Kier molecular flexibility index (Phi) is 5.25. The molecule has 0 aromatic heterocycles. The van der Waals surface area contributed by atoms with Crippen molar-refractivity contribution in [3.05, 3.63) is 22.7 Å². The van der Waals surface area contributed by atoms with E-state index >= 15 is 0 Å². The highest BCUT2D eigenvalue weighted by atomic mass is 35.5. The second kappa shape index (κ2) is 6.26. The Morgan fingerprint density at radius 3 is 2.72 bits per heavy atom. The quantitative estimate of drug-likeness (QED) is 0.621. The molecule has 102 valence electrons. The van der Waals surface area contributed by atoms with E-state index in [1.165, 1.54) is 6.07 Å². The van der Waals surface area contributed by atoms with Crippen LogP contribution in [0, 0.1) is 6.92 Å². The molecule has 0 amide bonds. The van der Waals surface area contributed by atoms with Crippen LogP contribution in [0.2, 0.25) is 5.02 Å². The van der Waals surface area contributed by atoms with Crippen LogP contribution in [-0.4, -0.2) is 27.4 Å². The Labute approximate surface area is 112 Å². The van der Waals surface area contributed by atoms with Crippen LogP contribution in [0.25, 0.3) is 0 Å². The molecule has 0 aliphatic carbocycles. The molecule has 0 atom stereocenters. The third kappa shape index (κ3) is 4.36. The van der Waals surface area contributed by atoms with Gasteiger partial charge in [-0.2, -0.15) is 0 Å². The van der Waals surface area contributed by atoms with Crippen molar-refractivity contribution in [1.82, 2.24) is 0 Å². The van der Waals surface area contributed by atoms with Gasteiger partial charge in [-0.05, 0) is 31.5 Å². The molecule has 18 heavy (non-hydrogen) atoms. The Hall–Kier alpha value is -0.980. The number of aryl methyl sites for hydroxylation is 1. The first-order chi connectivity index (χ1) is 8.35. The highest BCUT2D eigenvalue weighted by molar-refractivity contribution is 7.92. The molecule has 0 heterocycles. The van der Waals surface area contributed by atoms with Gasteiger partial charge < -0.3 is 10.5 Å². The molecule has 1 aromatic carbocycles. The number of sulfonamides is 1. The van der Waals surface area contributed by atoms with Crippen molar-refractivity contribution in [1.29, 1.82) is 0 Å². The average molecular weight is 293 g/mol. The lowest BCUT2D eigenvalue weighted by molar-refractivity contribution is 0.163. The molecule has 0 spiro atoms. The van der Waals surface area contributed by atoms with Crippen LogP contribution in [0.1, 0.15) is 12.5 Å². The molecule has 0 unspecified atom stereocenters. The van der Waals surface area contributed by atoms with Crippen LogP contribution in [0.3, 0.4) is 0 Å². The fourth-order valence-electron chi connectivity index (χ4n) is 1.35. The summed E-state index contributed by atoms with van der Waals surface area (Å²) in [6.07, 6.45) is 0. The summed E-state index contributed by atoms with van der Waals surface area (Å²) in [5.41, 5.74) is 7.20. The van der Waals surface area contributed by atoms with Gasteiger partial charge in [0.15, 0.2) is 0 Å². The largest absolute Gasteiger partial charge is 0.398 e. The van der Waals surface area contributed by atoms with Crippen molar-refractivity contribution in [3.63, 3.8) is 0 Å². The van der Waals surface area contributed by atoms with E-state index in [1.54, 1.807) is 13.0 Å². The maximum Gasteiger partial charge on any atom is 0.235 e. The predicted molar refractivity (Wildman–Crippen MR) is 74.5 cm³/mol. The number of halogens is 1. The molecule has 1 rings (SSSR count). The summed E-state index contributed by atoms with van der Waals surface area (Å²) in [6, 6.07) is 3.13. The molecular formula is C11H17ClN2O3S. The third-order valence-electron chi connectivity index (χ3n) is 2.31. The van der Waals surface area contributed by atoms with Crippen molar-refractivity contribution in [2.45, 2.75) is 13.8 Å². The van der Waals surface area contributed by atoms with Crippen LogP contribution >= 0.6 is 11.6 Å². The minimum absolute atomic E-state index is 0.0950. The number of nitrogens with one attached hydrogen (secondary N) is 1. The second-order valence-electron chi connectivity index (χ2n) is 3.81. The zero-order valence-corrected chi connectivity index (χ0v) is 11.9. The van der Waals surface area contributed by atoms with Crippen LogP contribution in [-0.2, 0) is 14.8 Å². The molecule has 0 radical (unpaired) electrons. The highest BCUT2D eigenvalue weighted by Gasteiger charge is 2.13. The van der Waals surface area contributed by atoms with Crippen molar-refractivity contribution < 1.29 is 13.2 Å². The molecule has 0 aliphatic heterocycles. The van der Waals surface area contributed by atoms with Crippen molar-refractivity contribution >= 4 is 33.0 Å². The van der Waals surface area contributed by atoms with Gasteiger partial charge in [0, 0.05) is 6.61 Å². The van der Waals surface area contributed by atoms with Crippen molar-refractivity contribution in [2.24, 2.45) is 0 Å². The number of benzene rings is 1. The van der Waals surface area contributed by atoms with Crippen LogP contribution < -0.4 is 10.5 Å². The van der Waals surface area contributed by atoms with Crippen molar-refractivity contribution in [2.75, 3.05) is 29.4 Å². The summed E-state index contributed by atoms with van der Waals surface area (Å²) in [6.45, 7) is 4.22. The van der Waals surface area contributed by atoms with E-state index < -0.39 is 10.0 Å². The Balaban J connectivity index is 2.81. The maximum atomic E-state index is 11.8. The first-order valence-corrected chi connectivity index (χ1v) is 7.52. The van der Waals surface area contributed by atoms with E-state index in [1.807, 2.05) is 6.92 Å². The summed E-state index contributed by atoms with van der Waals surface area (Å²) in [7, 11) is -3.43.